The van der Waals surface area contributed by atoms with Crippen LogP contribution in [0.4, 0.5) is 4.39 Å². The molecule has 98 valence electrons. The van der Waals surface area contributed by atoms with E-state index in [1.807, 2.05) is 4.90 Å². The number of aliphatic carboxylic acids is 1. The Kier molecular flexibility index (Phi) is 4.19. The van der Waals surface area contributed by atoms with Crippen molar-refractivity contribution in [1.82, 2.24) is 4.90 Å². The second-order valence-electron chi connectivity index (χ2n) is 4.66. The zero-order valence-electron chi connectivity index (χ0n) is 9.90. The first-order chi connectivity index (χ1) is 8.56. The molecular formula is C13H15ClFNO2. The summed E-state index contributed by atoms with van der Waals surface area (Å²) in [5.41, 5.74) is 0.822. The quantitative estimate of drug-likeness (QED) is 0.919. The molecule has 1 fully saturated rings. The first kappa shape index (κ1) is 13.3. The Morgan fingerprint density at radius 2 is 2.33 bits per heavy atom. The summed E-state index contributed by atoms with van der Waals surface area (Å²) in [6.07, 6.45) is 1.59. The molecule has 1 aromatic rings. The highest BCUT2D eigenvalue weighted by Gasteiger charge is 2.25. The van der Waals surface area contributed by atoms with E-state index in [0.717, 1.165) is 24.9 Å². The first-order valence-electron chi connectivity index (χ1n) is 5.95. The van der Waals surface area contributed by atoms with E-state index in [-0.39, 0.29) is 10.9 Å². The fraction of sp³-hybridized carbons (Fsp3) is 0.462. The minimum absolute atomic E-state index is 0.112. The predicted molar refractivity (Wildman–Crippen MR) is 67.0 cm³/mol. The van der Waals surface area contributed by atoms with Crippen LogP contribution in [0, 0.1) is 11.7 Å². The Morgan fingerprint density at radius 1 is 1.56 bits per heavy atom. The average molecular weight is 272 g/mol. The largest absolute Gasteiger partial charge is 0.481 e. The Labute approximate surface area is 110 Å². The highest BCUT2D eigenvalue weighted by Crippen LogP contribution is 2.21. The van der Waals surface area contributed by atoms with Crippen LogP contribution in [0.5, 0.6) is 0 Å². The van der Waals surface area contributed by atoms with E-state index in [4.69, 9.17) is 16.7 Å². The maximum absolute atomic E-state index is 13.3. The van der Waals surface area contributed by atoms with Crippen LogP contribution in [0.1, 0.15) is 18.4 Å². The van der Waals surface area contributed by atoms with E-state index >= 15 is 0 Å². The summed E-state index contributed by atoms with van der Waals surface area (Å²) in [5.74, 6) is -1.49. The normalized spacial score (nSPS) is 20.9. The maximum atomic E-state index is 13.3. The second-order valence-corrected chi connectivity index (χ2v) is 5.07. The summed E-state index contributed by atoms with van der Waals surface area (Å²) >= 11 is 5.62. The second kappa shape index (κ2) is 5.67. The number of carbonyl (C=O) groups is 1. The number of hydrogen-bond acceptors (Lipinski definition) is 2. The van der Waals surface area contributed by atoms with Crippen LogP contribution in [0.25, 0.3) is 0 Å². The summed E-state index contributed by atoms with van der Waals surface area (Å²) in [4.78, 5) is 13.0. The van der Waals surface area contributed by atoms with E-state index in [1.54, 1.807) is 6.07 Å². The van der Waals surface area contributed by atoms with Crippen LogP contribution in [0.2, 0.25) is 5.02 Å². The van der Waals surface area contributed by atoms with Crippen LogP contribution in [0.3, 0.4) is 0 Å². The molecule has 1 aliphatic heterocycles. The Balaban J connectivity index is 2.00. The lowest BCUT2D eigenvalue weighted by molar-refractivity contribution is -0.143. The molecule has 0 unspecified atom stereocenters. The molecule has 3 nitrogen and oxygen atoms in total. The van der Waals surface area contributed by atoms with E-state index in [9.17, 15) is 9.18 Å². The standard InChI is InChI=1S/C13H15ClFNO2/c14-11-4-3-9(6-12(11)15)7-16-5-1-2-10(8-16)13(17)18/h3-4,6,10H,1-2,5,7-8H2,(H,17,18)/t10-/m0/s1. The Hall–Kier alpha value is -1.13. The van der Waals surface area contributed by atoms with Crippen LogP contribution >= 0.6 is 11.6 Å². The van der Waals surface area contributed by atoms with E-state index in [2.05, 4.69) is 0 Å². The van der Waals surface area contributed by atoms with Gasteiger partial charge in [-0.15, -0.1) is 0 Å². The summed E-state index contributed by atoms with van der Waals surface area (Å²) in [6.45, 7) is 1.95. The Morgan fingerprint density at radius 3 is 3.00 bits per heavy atom. The van der Waals surface area contributed by atoms with E-state index < -0.39 is 11.8 Å². The number of rotatable bonds is 3. The van der Waals surface area contributed by atoms with Crippen molar-refractivity contribution in [3.63, 3.8) is 0 Å². The van der Waals surface area contributed by atoms with E-state index in [1.165, 1.54) is 12.1 Å². The molecule has 2 rings (SSSR count). The third-order valence-corrected chi connectivity index (χ3v) is 3.55. The molecule has 0 spiro atoms. The molecule has 0 aliphatic carbocycles. The fourth-order valence-electron chi connectivity index (χ4n) is 2.30. The molecule has 1 aliphatic rings. The van der Waals surface area contributed by atoms with Crippen molar-refractivity contribution in [1.29, 1.82) is 0 Å². The van der Waals surface area contributed by atoms with Gasteiger partial charge in [0, 0.05) is 13.1 Å². The van der Waals surface area contributed by atoms with Gasteiger partial charge in [-0.05, 0) is 37.1 Å². The summed E-state index contributed by atoms with van der Waals surface area (Å²) in [5, 5.41) is 9.11. The molecule has 1 N–H and O–H groups in total. The topological polar surface area (TPSA) is 40.5 Å². The molecule has 0 bridgehead atoms. The van der Waals surface area contributed by atoms with Gasteiger partial charge in [0.1, 0.15) is 5.82 Å². The van der Waals surface area contributed by atoms with Crippen molar-refractivity contribution in [2.24, 2.45) is 5.92 Å². The van der Waals surface area contributed by atoms with Gasteiger partial charge in [0.25, 0.3) is 0 Å². The van der Waals surface area contributed by atoms with Gasteiger partial charge >= 0.3 is 5.97 Å². The van der Waals surface area contributed by atoms with Crippen molar-refractivity contribution >= 4 is 17.6 Å². The molecule has 0 radical (unpaired) electrons. The highest BCUT2D eigenvalue weighted by atomic mass is 35.5. The van der Waals surface area contributed by atoms with E-state index in [0.29, 0.717) is 13.1 Å². The summed E-state index contributed by atoms with van der Waals surface area (Å²) in [6, 6.07) is 4.72. The van der Waals surface area contributed by atoms with Gasteiger partial charge in [-0.25, -0.2) is 4.39 Å². The minimum atomic E-state index is -0.748. The maximum Gasteiger partial charge on any atom is 0.307 e. The number of halogens is 2. The predicted octanol–water partition coefficient (Wildman–Crippen LogP) is 2.78. The first-order valence-corrected chi connectivity index (χ1v) is 6.33. The molecule has 0 amide bonds. The molecular weight excluding hydrogens is 257 g/mol. The van der Waals surface area contributed by atoms with Crippen molar-refractivity contribution in [3.8, 4) is 0 Å². The molecule has 0 aromatic heterocycles. The van der Waals surface area contributed by atoms with Crippen molar-refractivity contribution in [3.05, 3.63) is 34.6 Å². The van der Waals surface area contributed by atoms with Crippen molar-refractivity contribution in [2.75, 3.05) is 13.1 Å². The van der Waals surface area contributed by atoms with Gasteiger partial charge in [-0.1, -0.05) is 17.7 Å². The molecule has 0 saturated carbocycles. The van der Waals surface area contributed by atoms with Gasteiger partial charge in [0.2, 0.25) is 0 Å². The summed E-state index contributed by atoms with van der Waals surface area (Å²) in [7, 11) is 0. The number of nitrogens with zero attached hydrogens (tertiary/aromatic N) is 1. The van der Waals surface area contributed by atoms with Gasteiger partial charge in [0.15, 0.2) is 0 Å². The number of carboxylic acids is 1. The zero-order valence-corrected chi connectivity index (χ0v) is 10.7. The Bertz CT molecular complexity index is 453. The molecule has 1 aromatic carbocycles. The highest BCUT2D eigenvalue weighted by molar-refractivity contribution is 6.30. The number of hydrogen-bond donors (Lipinski definition) is 1. The lowest BCUT2D eigenvalue weighted by Crippen LogP contribution is -2.38. The van der Waals surface area contributed by atoms with Crippen LogP contribution in [-0.4, -0.2) is 29.1 Å². The molecule has 18 heavy (non-hydrogen) atoms. The molecule has 1 saturated heterocycles. The number of carboxylic acid groups (broad SMARTS) is 1. The SMILES string of the molecule is O=C(O)[C@H]1CCCN(Cc2ccc(Cl)c(F)c2)C1. The van der Waals surface area contributed by atoms with Crippen molar-refractivity contribution in [2.45, 2.75) is 19.4 Å². The monoisotopic (exact) mass is 271 g/mol. The third kappa shape index (κ3) is 3.21. The van der Waals surface area contributed by atoms with Gasteiger partial charge in [-0.2, -0.15) is 0 Å². The average Bonchev–Trinajstić information content (AvgIpc) is 2.34. The summed E-state index contributed by atoms with van der Waals surface area (Å²) < 4.78 is 13.3. The number of piperidine rings is 1. The number of likely N-dealkylation sites (tertiary alicyclic amines) is 1. The third-order valence-electron chi connectivity index (χ3n) is 3.24. The van der Waals surface area contributed by atoms with Gasteiger partial charge in [-0.3, -0.25) is 9.69 Å². The minimum Gasteiger partial charge on any atom is -0.481 e. The number of benzene rings is 1. The zero-order chi connectivity index (χ0) is 13.1. The molecule has 1 heterocycles. The van der Waals surface area contributed by atoms with Crippen LogP contribution in [0.15, 0.2) is 18.2 Å². The molecule has 5 heteroatoms. The van der Waals surface area contributed by atoms with Crippen molar-refractivity contribution < 1.29 is 14.3 Å². The smallest absolute Gasteiger partial charge is 0.307 e. The van der Waals surface area contributed by atoms with Crippen LogP contribution < -0.4 is 0 Å². The van der Waals surface area contributed by atoms with Gasteiger partial charge in [0.05, 0.1) is 10.9 Å². The fourth-order valence-corrected chi connectivity index (χ4v) is 2.41. The van der Waals surface area contributed by atoms with Gasteiger partial charge < -0.3 is 5.11 Å². The van der Waals surface area contributed by atoms with Crippen LogP contribution in [-0.2, 0) is 11.3 Å². The lowest BCUT2D eigenvalue weighted by atomic mass is 9.98. The lowest BCUT2D eigenvalue weighted by Gasteiger charge is -2.30. The molecule has 1 atom stereocenters.